The highest BCUT2D eigenvalue weighted by atomic mass is 35.5. The Kier molecular flexibility index (Phi) is 5.09. The molecule has 3 amide bonds. The van der Waals surface area contributed by atoms with Gasteiger partial charge in [0.05, 0.1) is 12.0 Å². The van der Waals surface area contributed by atoms with Gasteiger partial charge in [-0.25, -0.2) is 4.79 Å². The van der Waals surface area contributed by atoms with E-state index in [2.05, 4.69) is 10.6 Å². The van der Waals surface area contributed by atoms with Crippen LogP contribution in [0.2, 0.25) is 5.02 Å². The number of urea groups is 1. The van der Waals surface area contributed by atoms with Crippen molar-refractivity contribution in [3.05, 3.63) is 29.3 Å². The normalized spacial score (nSPS) is 26.5. The largest absolute Gasteiger partial charge is 0.350 e. The molecule has 2 atom stereocenters. The van der Waals surface area contributed by atoms with Crippen LogP contribution >= 0.6 is 11.6 Å². The molecule has 0 spiro atoms. The first-order valence-electron chi connectivity index (χ1n) is 8.73. The van der Waals surface area contributed by atoms with Crippen LogP contribution in [-0.2, 0) is 4.79 Å². The van der Waals surface area contributed by atoms with Crippen LogP contribution in [0.4, 0.5) is 10.5 Å². The van der Waals surface area contributed by atoms with E-state index in [4.69, 9.17) is 17.0 Å². The highest BCUT2D eigenvalue weighted by Gasteiger charge is 2.44. The van der Waals surface area contributed by atoms with Gasteiger partial charge in [-0.05, 0) is 49.9 Å². The zero-order chi connectivity index (χ0) is 18.9. The number of nitrogens with one attached hydrogen (secondary N) is 3. The summed E-state index contributed by atoms with van der Waals surface area (Å²) in [4.78, 5) is 27.9. The summed E-state index contributed by atoms with van der Waals surface area (Å²) in [5, 5.41) is 14.7. The summed E-state index contributed by atoms with van der Waals surface area (Å²) in [6.07, 6.45) is 2.11. The fourth-order valence-electron chi connectivity index (χ4n) is 3.62. The molecule has 1 aromatic rings. The summed E-state index contributed by atoms with van der Waals surface area (Å²) in [7, 11) is 1.60. The zero-order valence-electron chi connectivity index (χ0n) is 15.0. The van der Waals surface area contributed by atoms with Gasteiger partial charge in [0.2, 0.25) is 5.91 Å². The number of anilines is 1. The van der Waals surface area contributed by atoms with Crippen molar-refractivity contribution >= 4 is 35.2 Å². The Morgan fingerprint density at radius 3 is 2.73 bits per heavy atom. The molecule has 0 aromatic heterocycles. The summed E-state index contributed by atoms with van der Waals surface area (Å²) in [5.74, 6) is 0.149. The first kappa shape index (κ1) is 18.5. The quantitative estimate of drug-likeness (QED) is 0.740. The second-order valence-electron chi connectivity index (χ2n) is 7.24. The molecule has 140 valence electrons. The third-order valence-electron chi connectivity index (χ3n) is 5.34. The van der Waals surface area contributed by atoms with Gasteiger partial charge in [-0.1, -0.05) is 11.6 Å². The average molecular weight is 378 g/mol. The van der Waals surface area contributed by atoms with Crippen molar-refractivity contribution in [2.24, 2.45) is 5.92 Å². The third kappa shape index (κ3) is 3.77. The van der Waals surface area contributed by atoms with Gasteiger partial charge in [-0.3, -0.25) is 15.1 Å². The number of amides is 3. The van der Waals surface area contributed by atoms with E-state index < -0.39 is 5.54 Å². The molecule has 3 N–H and O–H groups in total. The molecule has 0 aliphatic carbocycles. The van der Waals surface area contributed by atoms with E-state index in [1.165, 1.54) is 4.90 Å². The molecule has 2 heterocycles. The van der Waals surface area contributed by atoms with Crippen LogP contribution in [0.5, 0.6) is 0 Å². The lowest BCUT2D eigenvalue weighted by molar-refractivity contribution is -0.130. The fraction of sp³-hybridized carbons (Fsp3) is 0.500. The predicted octanol–water partition coefficient (Wildman–Crippen LogP) is 2.73. The van der Waals surface area contributed by atoms with Crippen LogP contribution in [0.1, 0.15) is 26.2 Å². The van der Waals surface area contributed by atoms with E-state index in [1.807, 2.05) is 6.92 Å². The molecular weight excluding hydrogens is 354 g/mol. The van der Waals surface area contributed by atoms with Crippen LogP contribution in [-0.4, -0.2) is 53.4 Å². The van der Waals surface area contributed by atoms with E-state index in [0.717, 1.165) is 12.8 Å². The molecule has 0 radical (unpaired) electrons. The molecule has 1 unspecified atom stereocenters. The highest BCUT2D eigenvalue weighted by molar-refractivity contribution is 6.30. The minimum atomic E-state index is -0.514. The maximum absolute atomic E-state index is 12.6. The maximum Gasteiger partial charge on any atom is 0.321 e. The van der Waals surface area contributed by atoms with Crippen molar-refractivity contribution in [3.63, 3.8) is 0 Å². The molecule has 1 aromatic carbocycles. The fourth-order valence-corrected chi connectivity index (χ4v) is 3.75. The van der Waals surface area contributed by atoms with Crippen molar-refractivity contribution in [1.82, 2.24) is 15.1 Å². The van der Waals surface area contributed by atoms with Crippen molar-refractivity contribution < 1.29 is 9.59 Å². The van der Waals surface area contributed by atoms with Gasteiger partial charge in [0.15, 0.2) is 5.96 Å². The van der Waals surface area contributed by atoms with Crippen LogP contribution in [0.15, 0.2) is 24.3 Å². The summed E-state index contributed by atoms with van der Waals surface area (Å²) < 4.78 is 0. The Morgan fingerprint density at radius 1 is 1.38 bits per heavy atom. The lowest BCUT2D eigenvalue weighted by Crippen LogP contribution is -2.65. The molecule has 2 fully saturated rings. The minimum absolute atomic E-state index is 0.0704. The maximum atomic E-state index is 12.6. The second-order valence-corrected chi connectivity index (χ2v) is 7.68. The van der Waals surface area contributed by atoms with Crippen LogP contribution < -0.4 is 10.6 Å². The van der Waals surface area contributed by atoms with E-state index >= 15 is 0 Å². The molecular formula is C18H24ClN5O2. The Hall–Kier alpha value is -2.28. The standard InChI is InChI=1S/C18H24ClN5O2/c1-18(10-15(25)23(2)16(20)22-18)12-4-3-9-24(11-12)17(26)21-14-7-5-13(19)6-8-14/h5-8,12H,3-4,9-11H2,1-2H3,(H2,20,22)(H,21,26)/t12?,18-/m1/s1. The van der Waals surface area contributed by atoms with Crippen molar-refractivity contribution in [3.8, 4) is 0 Å². The van der Waals surface area contributed by atoms with Gasteiger partial charge in [-0.2, -0.15) is 0 Å². The Labute approximate surface area is 158 Å². The Morgan fingerprint density at radius 2 is 2.08 bits per heavy atom. The average Bonchev–Trinajstić information content (AvgIpc) is 2.61. The van der Waals surface area contributed by atoms with Gasteiger partial charge >= 0.3 is 6.03 Å². The number of benzene rings is 1. The zero-order valence-corrected chi connectivity index (χ0v) is 15.8. The number of nitrogens with zero attached hydrogens (tertiary/aromatic N) is 2. The van der Waals surface area contributed by atoms with Gasteiger partial charge in [0, 0.05) is 30.8 Å². The summed E-state index contributed by atoms with van der Waals surface area (Å²) in [6, 6.07) is 6.84. The van der Waals surface area contributed by atoms with Crippen LogP contribution in [0.3, 0.4) is 0 Å². The van der Waals surface area contributed by atoms with Crippen LogP contribution in [0.25, 0.3) is 0 Å². The molecule has 26 heavy (non-hydrogen) atoms. The van der Waals surface area contributed by atoms with E-state index in [9.17, 15) is 9.59 Å². The summed E-state index contributed by atoms with van der Waals surface area (Å²) >= 11 is 5.87. The van der Waals surface area contributed by atoms with Crippen molar-refractivity contribution in [1.29, 1.82) is 5.41 Å². The Balaban J connectivity index is 1.67. The van der Waals surface area contributed by atoms with Crippen molar-refractivity contribution in [2.75, 3.05) is 25.5 Å². The van der Waals surface area contributed by atoms with Crippen LogP contribution in [0, 0.1) is 11.3 Å². The number of piperidine rings is 1. The molecule has 3 rings (SSSR count). The molecule has 2 aliphatic heterocycles. The monoisotopic (exact) mass is 377 g/mol. The van der Waals surface area contributed by atoms with Crippen molar-refractivity contribution in [2.45, 2.75) is 31.7 Å². The number of hydrogen-bond acceptors (Lipinski definition) is 3. The first-order chi connectivity index (χ1) is 12.3. The number of rotatable bonds is 2. The SMILES string of the molecule is CN1C(=N)N[C@@](C)(C2CCCN(C(=O)Nc3ccc(Cl)cc3)C2)CC1=O. The number of hydrogen-bond donors (Lipinski definition) is 3. The minimum Gasteiger partial charge on any atom is -0.350 e. The van der Waals surface area contributed by atoms with Gasteiger partial charge in [0.1, 0.15) is 0 Å². The topological polar surface area (TPSA) is 88.5 Å². The molecule has 8 heteroatoms. The van der Waals surface area contributed by atoms with Gasteiger partial charge in [0.25, 0.3) is 0 Å². The molecule has 0 bridgehead atoms. The molecule has 2 aliphatic rings. The summed E-state index contributed by atoms with van der Waals surface area (Å²) in [5.41, 5.74) is 0.182. The number of guanidine groups is 1. The van der Waals surface area contributed by atoms with E-state index in [-0.39, 0.29) is 23.8 Å². The third-order valence-corrected chi connectivity index (χ3v) is 5.59. The number of likely N-dealkylation sites (tertiary alicyclic amines) is 1. The highest BCUT2D eigenvalue weighted by Crippen LogP contribution is 2.32. The van der Waals surface area contributed by atoms with Gasteiger partial charge in [-0.15, -0.1) is 0 Å². The predicted molar refractivity (Wildman–Crippen MR) is 101 cm³/mol. The molecule has 7 nitrogen and oxygen atoms in total. The molecule has 0 saturated carbocycles. The Bertz CT molecular complexity index is 703. The smallest absolute Gasteiger partial charge is 0.321 e. The lowest BCUT2D eigenvalue weighted by atomic mass is 9.76. The lowest BCUT2D eigenvalue weighted by Gasteiger charge is -2.47. The number of halogens is 1. The number of carbonyl (C=O) groups excluding carboxylic acids is 2. The van der Waals surface area contributed by atoms with Gasteiger partial charge < -0.3 is 15.5 Å². The number of carbonyl (C=O) groups is 2. The first-order valence-corrected chi connectivity index (χ1v) is 9.11. The summed E-state index contributed by atoms with van der Waals surface area (Å²) in [6.45, 7) is 3.20. The van der Waals surface area contributed by atoms with E-state index in [0.29, 0.717) is 30.2 Å². The second kappa shape index (κ2) is 7.15. The van der Waals surface area contributed by atoms with E-state index in [1.54, 1.807) is 36.2 Å². The molecule has 2 saturated heterocycles.